The van der Waals surface area contributed by atoms with E-state index in [0.717, 1.165) is 13.1 Å². The van der Waals surface area contributed by atoms with Crippen molar-refractivity contribution >= 4 is 17.3 Å². The summed E-state index contributed by atoms with van der Waals surface area (Å²) in [5, 5.41) is 0.387. The van der Waals surface area contributed by atoms with Crippen LogP contribution in [0.3, 0.4) is 0 Å². The fourth-order valence-corrected chi connectivity index (χ4v) is 1.82. The van der Waals surface area contributed by atoms with E-state index in [1.807, 2.05) is 7.05 Å². The Kier molecular flexibility index (Phi) is 3.07. The number of hydrogen-bond donors (Lipinski definition) is 1. The van der Waals surface area contributed by atoms with Crippen LogP contribution in [0.15, 0.2) is 6.07 Å². The molecule has 1 aliphatic rings. The lowest BCUT2D eigenvalue weighted by Gasteiger charge is -2.35. The van der Waals surface area contributed by atoms with E-state index in [2.05, 4.69) is 9.88 Å². The van der Waals surface area contributed by atoms with Crippen molar-refractivity contribution in [3.63, 3.8) is 0 Å². The molecule has 16 heavy (non-hydrogen) atoms. The standard InChI is InChI=1S/C10H14ClN3O2/c1-14-4-6(5-14)16-10-8(12)3-7(11)9(13-10)15-2/h3,6H,4-5,12H2,1-2H3. The van der Waals surface area contributed by atoms with Gasteiger partial charge < -0.3 is 15.2 Å². The number of rotatable bonds is 3. The minimum atomic E-state index is 0.144. The van der Waals surface area contributed by atoms with E-state index in [4.69, 9.17) is 26.8 Å². The largest absolute Gasteiger partial charge is 0.480 e. The minimum Gasteiger partial charge on any atom is -0.480 e. The van der Waals surface area contributed by atoms with Gasteiger partial charge in [-0.2, -0.15) is 4.98 Å². The quantitative estimate of drug-likeness (QED) is 0.859. The molecule has 0 atom stereocenters. The van der Waals surface area contributed by atoms with Gasteiger partial charge in [-0.3, -0.25) is 4.90 Å². The number of nitrogens with two attached hydrogens (primary N) is 1. The van der Waals surface area contributed by atoms with E-state index in [9.17, 15) is 0 Å². The molecule has 0 radical (unpaired) electrons. The molecular formula is C10H14ClN3O2. The molecule has 1 fully saturated rings. The topological polar surface area (TPSA) is 60.6 Å². The van der Waals surface area contributed by atoms with Crippen LogP contribution in [0.2, 0.25) is 5.02 Å². The van der Waals surface area contributed by atoms with Gasteiger partial charge in [-0.1, -0.05) is 11.6 Å². The van der Waals surface area contributed by atoms with Crippen LogP contribution in [0.4, 0.5) is 5.69 Å². The molecule has 0 spiro atoms. The van der Waals surface area contributed by atoms with E-state index in [1.54, 1.807) is 6.07 Å². The molecule has 0 bridgehead atoms. The maximum Gasteiger partial charge on any atom is 0.240 e. The maximum atomic E-state index is 5.88. The summed E-state index contributed by atoms with van der Waals surface area (Å²) in [7, 11) is 3.53. The molecule has 1 aromatic heterocycles. The van der Waals surface area contributed by atoms with Crippen molar-refractivity contribution in [2.24, 2.45) is 0 Å². The average Bonchev–Trinajstić information content (AvgIpc) is 2.19. The van der Waals surface area contributed by atoms with Crippen LogP contribution in [0, 0.1) is 0 Å². The number of pyridine rings is 1. The number of anilines is 1. The van der Waals surface area contributed by atoms with Crippen LogP contribution >= 0.6 is 11.6 Å². The SMILES string of the molecule is COc1nc(OC2CN(C)C2)c(N)cc1Cl. The highest BCUT2D eigenvalue weighted by molar-refractivity contribution is 6.32. The van der Waals surface area contributed by atoms with E-state index in [1.165, 1.54) is 7.11 Å². The fourth-order valence-electron chi connectivity index (χ4n) is 1.58. The number of likely N-dealkylation sites (tertiary alicyclic amines) is 1. The number of nitrogens with zero attached hydrogens (tertiary/aromatic N) is 2. The van der Waals surface area contributed by atoms with Gasteiger partial charge in [0.15, 0.2) is 0 Å². The van der Waals surface area contributed by atoms with Crippen molar-refractivity contribution in [1.82, 2.24) is 9.88 Å². The third kappa shape index (κ3) is 2.15. The fraction of sp³-hybridized carbons (Fsp3) is 0.500. The van der Waals surface area contributed by atoms with Gasteiger partial charge in [0.2, 0.25) is 11.8 Å². The summed E-state index contributed by atoms with van der Waals surface area (Å²) in [6, 6.07) is 1.59. The predicted octanol–water partition coefficient (Wildman–Crippen LogP) is 1.02. The number of methoxy groups -OCH3 is 1. The molecular weight excluding hydrogens is 230 g/mol. The minimum absolute atomic E-state index is 0.144. The molecule has 2 rings (SSSR count). The number of hydrogen-bond acceptors (Lipinski definition) is 5. The van der Waals surface area contributed by atoms with Crippen molar-refractivity contribution < 1.29 is 9.47 Å². The van der Waals surface area contributed by atoms with Crippen LogP contribution in [0.25, 0.3) is 0 Å². The maximum absolute atomic E-state index is 5.88. The molecule has 6 heteroatoms. The first-order chi connectivity index (χ1) is 7.60. The summed E-state index contributed by atoms with van der Waals surface area (Å²) in [6.45, 7) is 1.76. The molecule has 0 unspecified atom stereocenters. The summed E-state index contributed by atoms with van der Waals surface area (Å²) in [4.78, 5) is 6.26. The summed E-state index contributed by atoms with van der Waals surface area (Å²) < 4.78 is 10.6. The number of likely N-dealkylation sites (N-methyl/N-ethyl adjacent to an activating group) is 1. The normalized spacial score (nSPS) is 16.9. The van der Waals surface area contributed by atoms with Gasteiger partial charge in [-0.25, -0.2) is 0 Å². The molecule has 0 aliphatic carbocycles. The lowest BCUT2D eigenvalue weighted by Crippen LogP contribution is -2.51. The van der Waals surface area contributed by atoms with Gasteiger partial charge >= 0.3 is 0 Å². The highest BCUT2D eigenvalue weighted by Crippen LogP contribution is 2.31. The molecule has 0 aromatic carbocycles. The van der Waals surface area contributed by atoms with Crippen LogP contribution < -0.4 is 15.2 Å². The molecule has 0 saturated carbocycles. The zero-order valence-corrected chi connectivity index (χ0v) is 9.99. The van der Waals surface area contributed by atoms with Gasteiger partial charge in [0.1, 0.15) is 11.1 Å². The number of ether oxygens (including phenoxy) is 2. The van der Waals surface area contributed by atoms with Crippen molar-refractivity contribution in [1.29, 1.82) is 0 Å². The Morgan fingerprint density at radius 2 is 2.19 bits per heavy atom. The van der Waals surface area contributed by atoms with E-state index in [0.29, 0.717) is 22.5 Å². The molecule has 1 saturated heterocycles. The number of aromatic nitrogens is 1. The first-order valence-electron chi connectivity index (χ1n) is 4.95. The van der Waals surface area contributed by atoms with Gasteiger partial charge in [-0.05, 0) is 13.1 Å². The Balaban J connectivity index is 2.13. The Hall–Kier alpha value is -1.20. The Labute approximate surface area is 99.1 Å². The highest BCUT2D eigenvalue weighted by atomic mass is 35.5. The molecule has 2 heterocycles. The molecule has 5 nitrogen and oxygen atoms in total. The number of nitrogen functional groups attached to an aromatic ring is 1. The molecule has 0 amide bonds. The van der Waals surface area contributed by atoms with Crippen LogP contribution in [-0.2, 0) is 0 Å². The highest BCUT2D eigenvalue weighted by Gasteiger charge is 2.26. The van der Waals surface area contributed by atoms with Gasteiger partial charge in [0, 0.05) is 13.1 Å². The van der Waals surface area contributed by atoms with Crippen LogP contribution in [-0.4, -0.2) is 43.2 Å². The zero-order chi connectivity index (χ0) is 11.7. The summed E-state index contributed by atoms with van der Waals surface area (Å²) in [5.74, 6) is 0.720. The zero-order valence-electron chi connectivity index (χ0n) is 9.24. The lowest BCUT2D eigenvalue weighted by molar-refractivity contribution is 0.0358. The second kappa shape index (κ2) is 4.35. The second-order valence-electron chi connectivity index (χ2n) is 3.83. The van der Waals surface area contributed by atoms with Crippen molar-refractivity contribution in [3.05, 3.63) is 11.1 Å². The molecule has 2 N–H and O–H groups in total. The number of halogens is 1. The lowest BCUT2D eigenvalue weighted by atomic mass is 10.2. The van der Waals surface area contributed by atoms with Crippen molar-refractivity contribution in [2.45, 2.75) is 6.10 Å². The molecule has 1 aromatic rings. The van der Waals surface area contributed by atoms with E-state index in [-0.39, 0.29) is 6.10 Å². The average molecular weight is 244 g/mol. The predicted molar refractivity (Wildman–Crippen MR) is 62.1 cm³/mol. The Bertz CT molecular complexity index is 394. The third-order valence-electron chi connectivity index (χ3n) is 2.44. The van der Waals surface area contributed by atoms with Crippen LogP contribution in [0.1, 0.15) is 0 Å². The van der Waals surface area contributed by atoms with Gasteiger partial charge in [-0.15, -0.1) is 0 Å². The summed E-state index contributed by atoms with van der Waals surface area (Å²) >= 11 is 5.88. The van der Waals surface area contributed by atoms with E-state index >= 15 is 0 Å². The van der Waals surface area contributed by atoms with Crippen LogP contribution in [0.5, 0.6) is 11.8 Å². The third-order valence-corrected chi connectivity index (χ3v) is 2.71. The Morgan fingerprint density at radius 1 is 1.50 bits per heavy atom. The van der Waals surface area contributed by atoms with E-state index < -0.39 is 0 Å². The molecule has 88 valence electrons. The van der Waals surface area contributed by atoms with Gasteiger partial charge in [0.25, 0.3) is 0 Å². The summed E-state index contributed by atoms with van der Waals surface area (Å²) in [6.07, 6.45) is 0.144. The van der Waals surface area contributed by atoms with Crippen molar-refractivity contribution in [2.75, 3.05) is 33.0 Å². The van der Waals surface area contributed by atoms with Gasteiger partial charge in [0.05, 0.1) is 12.8 Å². The Morgan fingerprint density at radius 3 is 2.75 bits per heavy atom. The first-order valence-corrected chi connectivity index (χ1v) is 5.33. The van der Waals surface area contributed by atoms with Crippen molar-refractivity contribution in [3.8, 4) is 11.8 Å². The smallest absolute Gasteiger partial charge is 0.240 e. The molecule has 1 aliphatic heterocycles. The summed E-state index contributed by atoms with van der Waals surface area (Å²) in [5.41, 5.74) is 6.20. The first kappa shape index (κ1) is 11.3. The second-order valence-corrected chi connectivity index (χ2v) is 4.24. The monoisotopic (exact) mass is 243 g/mol.